The fourth-order valence-corrected chi connectivity index (χ4v) is 6.04. The van der Waals surface area contributed by atoms with Gasteiger partial charge in [0.05, 0.1) is 17.8 Å². The van der Waals surface area contributed by atoms with Crippen LogP contribution in [0.2, 0.25) is 0 Å². The number of aryl methyl sites for hydroxylation is 2. The molecule has 4 aromatic carbocycles. The van der Waals surface area contributed by atoms with Crippen LogP contribution in [0.1, 0.15) is 64.4 Å². The molecular weight excluding hydrogens is 697 g/mol. The second-order valence-corrected chi connectivity index (χ2v) is 14.7. The summed E-state index contributed by atoms with van der Waals surface area (Å²) in [6.45, 7) is 15.3. The van der Waals surface area contributed by atoms with Crippen molar-refractivity contribution < 1.29 is 27.5 Å². The molecule has 0 saturated carbocycles. The summed E-state index contributed by atoms with van der Waals surface area (Å²) in [5, 5.41) is 8.17. The van der Waals surface area contributed by atoms with Gasteiger partial charge in [0.2, 0.25) is 5.82 Å². The number of ether oxygens (including phenoxy) is 1. The van der Waals surface area contributed by atoms with Crippen molar-refractivity contribution in [1.29, 1.82) is 0 Å². The first-order valence-corrected chi connectivity index (χ1v) is 17.6. The second kappa shape index (κ2) is 17.8. The molecule has 11 nitrogen and oxygen atoms in total. The van der Waals surface area contributed by atoms with Crippen molar-refractivity contribution in [3.63, 3.8) is 0 Å². The third-order valence-corrected chi connectivity index (χ3v) is 7.87. The quantitative estimate of drug-likeness (QED) is 0.0585. The Hall–Kier alpha value is -5.79. The number of rotatable bonds is 11. The summed E-state index contributed by atoms with van der Waals surface area (Å²) in [7, 11) is 0. The topological polar surface area (TPSA) is 141 Å². The number of halogens is 3. The molecule has 0 spiro atoms. The maximum absolute atomic E-state index is 13.0. The van der Waals surface area contributed by atoms with Gasteiger partial charge in [0.1, 0.15) is 5.75 Å². The lowest BCUT2D eigenvalue weighted by molar-refractivity contribution is -0.144. The molecule has 6 N–H and O–H groups in total. The maximum Gasteiger partial charge on any atom is 0.451 e. The first kappa shape index (κ1) is 41.0. The highest BCUT2D eigenvalue weighted by molar-refractivity contribution is 5.94. The Balaban J connectivity index is 0.000000252. The molecule has 4 amide bonds. The molecule has 0 atom stereocenters. The second-order valence-electron chi connectivity index (χ2n) is 14.7. The predicted molar refractivity (Wildman–Crippen MR) is 208 cm³/mol. The summed E-state index contributed by atoms with van der Waals surface area (Å²) >= 11 is 0. The van der Waals surface area contributed by atoms with Crippen molar-refractivity contribution in [2.75, 3.05) is 24.0 Å². The van der Waals surface area contributed by atoms with E-state index in [4.69, 9.17) is 4.74 Å². The van der Waals surface area contributed by atoms with Crippen LogP contribution in [-0.4, -0.2) is 40.7 Å². The average molecular weight is 747 g/mol. The number of fused-ring (bicyclic) bond motifs is 2. The van der Waals surface area contributed by atoms with Gasteiger partial charge in [0, 0.05) is 22.9 Å². The van der Waals surface area contributed by atoms with Gasteiger partial charge in [-0.3, -0.25) is 21.7 Å². The van der Waals surface area contributed by atoms with Gasteiger partial charge in [-0.25, -0.2) is 19.6 Å². The van der Waals surface area contributed by atoms with E-state index in [1.807, 2.05) is 88.4 Å². The van der Waals surface area contributed by atoms with Crippen LogP contribution >= 0.6 is 0 Å². The molecular formula is C40H49F3N8O3. The molecule has 0 aliphatic heterocycles. The van der Waals surface area contributed by atoms with Gasteiger partial charge in [-0.2, -0.15) is 13.2 Å². The molecule has 0 unspecified atom stereocenters. The SMILES string of the molecule is CC(C)(C)CC(C)(C)NC(=O)NNc1cccc2ccccc12.Cc1ccc(OCCCNC(=O)NNc2nc(C(F)(F)F)nc3ccccc23)c(C)c1. The standard InChI is InChI=1S/C21H22F3N5O2.C19H27N3O/c1-13-8-9-17(14(2)12-13)31-11-5-10-25-20(30)29-28-18-15-6-3-4-7-16(15)26-19(27-18)21(22,23)24;1-18(2,3)13-19(4,5)20-17(23)22-21-16-12-8-10-14-9-6-7-11-15(14)16/h3-4,6-9,12H,5,10-11H2,1-2H3,(H2,25,29,30)(H,26,27,28);6-12,21H,13H2,1-5H3,(H2,20,22,23). The summed E-state index contributed by atoms with van der Waals surface area (Å²) in [5.74, 6) is -0.654. The number of hydrazine groups is 2. The molecule has 5 rings (SSSR count). The van der Waals surface area contributed by atoms with E-state index in [1.54, 1.807) is 18.2 Å². The molecule has 288 valence electrons. The minimum atomic E-state index is -4.71. The van der Waals surface area contributed by atoms with Crippen LogP contribution in [0.15, 0.2) is 84.9 Å². The lowest BCUT2D eigenvalue weighted by Crippen LogP contribution is -2.51. The van der Waals surface area contributed by atoms with E-state index in [2.05, 4.69) is 63.1 Å². The number of anilines is 2. The summed E-state index contributed by atoms with van der Waals surface area (Å²) in [6.07, 6.45) is -3.27. The van der Waals surface area contributed by atoms with Gasteiger partial charge < -0.3 is 15.4 Å². The number of carbonyl (C=O) groups excluding carboxylic acids is 2. The van der Waals surface area contributed by atoms with Crippen LogP contribution in [0.5, 0.6) is 5.75 Å². The van der Waals surface area contributed by atoms with Crippen molar-refractivity contribution >= 4 is 45.2 Å². The first-order valence-electron chi connectivity index (χ1n) is 17.6. The highest BCUT2D eigenvalue weighted by Gasteiger charge is 2.35. The van der Waals surface area contributed by atoms with Gasteiger partial charge in [0.25, 0.3) is 0 Å². The molecule has 0 radical (unpaired) electrons. The van der Waals surface area contributed by atoms with E-state index in [0.717, 1.165) is 39.8 Å². The van der Waals surface area contributed by atoms with Crippen molar-refractivity contribution in [1.82, 2.24) is 31.5 Å². The smallest absolute Gasteiger partial charge is 0.451 e. The lowest BCUT2D eigenvalue weighted by atomic mass is 9.82. The summed E-state index contributed by atoms with van der Waals surface area (Å²) in [4.78, 5) is 31.2. The molecule has 1 heterocycles. The third-order valence-electron chi connectivity index (χ3n) is 7.87. The fraction of sp³-hybridized carbons (Fsp3) is 0.350. The van der Waals surface area contributed by atoms with Crippen LogP contribution in [0, 0.1) is 19.3 Å². The number of aromatic nitrogens is 2. The van der Waals surface area contributed by atoms with Crippen molar-refractivity contribution in [2.24, 2.45) is 5.41 Å². The Morgan fingerprint density at radius 1 is 0.759 bits per heavy atom. The van der Waals surface area contributed by atoms with Crippen LogP contribution in [0.4, 0.5) is 34.3 Å². The monoisotopic (exact) mass is 746 g/mol. The number of amides is 4. The molecule has 54 heavy (non-hydrogen) atoms. The summed E-state index contributed by atoms with van der Waals surface area (Å²) in [6, 6.07) is 25.3. The Labute approximate surface area is 313 Å². The van der Waals surface area contributed by atoms with Gasteiger partial charge in [0.15, 0.2) is 5.82 Å². The number of urea groups is 2. The Bertz CT molecular complexity index is 2040. The summed E-state index contributed by atoms with van der Waals surface area (Å²) in [5.41, 5.74) is 13.5. The molecule has 0 aliphatic rings. The third kappa shape index (κ3) is 12.7. The molecule has 0 saturated heterocycles. The van der Waals surface area contributed by atoms with E-state index in [1.165, 1.54) is 6.07 Å². The van der Waals surface area contributed by atoms with Gasteiger partial charge in [-0.05, 0) is 81.2 Å². The number of hydrogen-bond acceptors (Lipinski definition) is 7. The molecule has 0 fully saturated rings. The number of hydrogen-bond donors (Lipinski definition) is 6. The number of para-hydroxylation sites is 1. The number of carbonyl (C=O) groups is 2. The molecule has 1 aromatic heterocycles. The van der Waals surface area contributed by atoms with Gasteiger partial charge in [-0.1, -0.05) is 87.0 Å². The number of alkyl halides is 3. The number of nitrogens with zero attached hydrogens (tertiary/aromatic N) is 2. The first-order chi connectivity index (χ1) is 25.4. The zero-order valence-corrected chi connectivity index (χ0v) is 31.7. The van der Waals surface area contributed by atoms with E-state index in [0.29, 0.717) is 25.0 Å². The molecule has 14 heteroatoms. The van der Waals surface area contributed by atoms with E-state index in [9.17, 15) is 22.8 Å². The highest BCUT2D eigenvalue weighted by Crippen LogP contribution is 2.30. The van der Waals surface area contributed by atoms with Crippen molar-refractivity contribution in [3.8, 4) is 5.75 Å². The Kier molecular flexibility index (Phi) is 13.5. The van der Waals surface area contributed by atoms with Crippen LogP contribution in [0.25, 0.3) is 21.7 Å². The van der Waals surface area contributed by atoms with Crippen LogP contribution in [-0.2, 0) is 6.18 Å². The van der Waals surface area contributed by atoms with E-state index < -0.39 is 18.0 Å². The zero-order valence-electron chi connectivity index (χ0n) is 31.7. The van der Waals surface area contributed by atoms with E-state index >= 15 is 0 Å². The predicted octanol–water partition coefficient (Wildman–Crippen LogP) is 9.04. The van der Waals surface area contributed by atoms with Gasteiger partial charge in [-0.15, -0.1) is 0 Å². The Morgan fingerprint density at radius 2 is 1.43 bits per heavy atom. The number of nitrogens with one attached hydrogen (secondary N) is 6. The largest absolute Gasteiger partial charge is 0.493 e. The fourth-order valence-electron chi connectivity index (χ4n) is 6.04. The minimum absolute atomic E-state index is 0.109. The zero-order chi connectivity index (χ0) is 39.5. The minimum Gasteiger partial charge on any atom is -0.493 e. The van der Waals surface area contributed by atoms with Crippen LogP contribution in [0.3, 0.4) is 0 Å². The maximum atomic E-state index is 13.0. The van der Waals surface area contributed by atoms with Crippen molar-refractivity contribution in [2.45, 2.75) is 73.0 Å². The number of benzene rings is 4. The average Bonchev–Trinajstić information content (AvgIpc) is 3.09. The van der Waals surface area contributed by atoms with Crippen LogP contribution < -0.4 is 37.1 Å². The molecule has 5 aromatic rings. The normalized spacial score (nSPS) is 11.6. The lowest BCUT2D eigenvalue weighted by Gasteiger charge is -2.33. The van der Waals surface area contributed by atoms with Crippen molar-refractivity contribution in [3.05, 3.63) is 102 Å². The Morgan fingerprint density at radius 3 is 2.13 bits per heavy atom. The summed E-state index contributed by atoms with van der Waals surface area (Å²) < 4.78 is 44.8. The highest BCUT2D eigenvalue weighted by atomic mass is 19.4. The molecule has 0 aliphatic carbocycles. The molecule has 0 bridgehead atoms. The van der Waals surface area contributed by atoms with E-state index in [-0.39, 0.29) is 28.3 Å². The van der Waals surface area contributed by atoms with Gasteiger partial charge >= 0.3 is 18.2 Å².